The SMILES string of the molecule is CC(C)OCCCN1CCN(CCCO)CC1. The van der Waals surface area contributed by atoms with Gasteiger partial charge in [-0.2, -0.15) is 0 Å². The maximum atomic E-state index is 8.79. The van der Waals surface area contributed by atoms with Gasteiger partial charge in [-0.15, -0.1) is 0 Å². The molecule has 0 saturated carbocycles. The van der Waals surface area contributed by atoms with Crippen molar-refractivity contribution in [3.8, 4) is 0 Å². The third kappa shape index (κ3) is 6.99. The molecule has 1 rings (SSSR count). The second kappa shape index (κ2) is 8.86. The van der Waals surface area contributed by atoms with E-state index >= 15 is 0 Å². The second-order valence-electron chi connectivity index (χ2n) is 5.03. The van der Waals surface area contributed by atoms with E-state index in [4.69, 9.17) is 9.84 Å². The van der Waals surface area contributed by atoms with Crippen LogP contribution < -0.4 is 0 Å². The topological polar surface area (TPSA) is 35.9 Å². The Morgan fingerprint density at radius 1 is 1.00 bits per heavy atom. The molecule has 0 aliphatic carbocycles. The van der Waals surface area contributed by atoms with Crippen LogP contribution in [0.5, 0.6) is 0 Å². The van der Waals surface area contributed by atoms with Crippen LogP contribution in [-0.2, 0) is 4.74 Å². The van der Waals surface area contributed by atoms with Crippen molar-refractivity contribution in [3.05, 3.63) is 0 Å². The Morgan fingerprint density at radius 2 is 1.53 bits per heavy atom. The van der Waals surface area contributed by atoms with Gasteiger partial charge >= 0.3 is 0 Å². The minimum Gasteiger partial charge on any atom is -0.396 e. The minimum absolute atomic E-state index is 0.312. The highest BCUT2D eigenvalue weighted by molar-refractivity contribution is 4.71. The van der Waals surface area contributed by atoms with Gasteiger partial charge < -0.3 is 19.6 Å². The van der Waals surface area contributed by atoms with Crippen molar-refractivity contribution in [1.29, 1.82) is 0 Å². The molecule has 4 nitrogen and oxygen atoms in total. The summed E-state index contributed by atoms with van der Waals surface area (Å²) in [4.78, 5) is 4.95. The van der Waals surface area contributed by atoms with Crippen LogP contribution in [0.4, 0.5) is 0 Å². The molecule has 0 aromatic rings. The van der Waals surface area contributed by atoms with E-state index in [0.717, 1.165) is 58.7 Å². The van der Waals surface area contributed by atoms with Crippen LogP contribution in [0.25, 0.3) is 0 Å². The van der Waals surface area contributed by atoms with E-state index in [9.17, 15) is 0 Å². The van der Waals surface area contributed by atoms with Crippen molar-refractivity contribution >= 4 is 0 Å². The Labute approximate surface area is 106 Å². The van der Waals surface area contributed by atoms with Crippen LogP contribution in [-0.4, -0.2) is 73.5 Å². The molecular formula is C13H28N2O2. The van der Waals surface area contributed by atoms with Crippen LogP contribution in [0.15, 0.2) is 0 Å². The Kier molecular flexibility index (Phi) is 7.77. The molecule has 0 atom stereocenters. The van der Waals surface area contributed by atoms with Crippen LogP contribution in [0.1, 0.15) is 26.7 Å². The second-order valence-corrected chi connectivity index (χ2v) is 5.03. The number of hydrogen-bond acceptors (Lipinski definition) is 4. The molecule has 1 aliphatic rings. The van der Waals surface area contributed by atoms with Gasteiger partial charge in [0.1, 0.15) is 0 Å². The first kappa shape index (κ1) is 14.9. The van der Waals surface area contributed by atoms with Gasteiger partial charge in [0, 0.05) is 52.5 Å². The Morgan fingerprint density at radius 3 is 2.00 bits per heavy atom. The number of hydrogen-bond donors (Lipinski definition) is 1. The lowest BCUT2D eigenvalue weighted by Gasteiger charge is -2.34. The number of aliphatic hydroxyl groups is 1. The first-order valence-electron chi connectivity index (χ1n) is 6.89. The summed E-state index contributed by atoms with van der Waals surface area (Å²) >= 11 is 0. The van der Waals surface area contributed by atoms with Gasteiger partial charge in [-0.25, -0.2) is 0 Å². The molecule has 1 heterocycles. The number of ether oxygens (including phenoxy) is 1. The molecule has 0 radical (unpaired) electrons. The van der Waals surface area contributed by atoms with E-state index < -0.39 is 0 Å². The lowest BCUT2D eigenvalue weighted by molar-refractivity contribution is 0.0632. The van der Waals surface area contributed by atoms with Gasteiger partial charge in [-0.1, -0.05) is 0 Å². The zero-order chi connectivity index (χ0) is 12.5. The fraction of sp³-hybridized carbons (Fsp3) is 1.00. The minimum atomic E-state index is 0.312. The van der Waals surface area contributed by atoms with E-state index in [2.05, 4.69) is 23.6 Å². The molecule has 0 unspecified atom stereocenters. The molecule has 1 N–H and O–H groups in total. The quantitative estimate of drug-likeness (QED) is 0.641. The Bertz CT molecular complexity index is 180. The lowest BCUT2D eigenvalue weighted by atomic mass is 10.2. The van der Waals surface area contributed by atoms with E-state index in [-0.39, 0.29) is 0 Å². The van der Waals surface area contributed by atoms with Gasteiger partial charge in [0.15, 0.2) is 0 Å². The highest BCUT2D eigenvalue weighted by Gasteiger charge is 2.15. The molecule has 1 saturated heterocycles. The number of piperazine rings is 1. The van der Waals surface area contributed by atoms with E-state index in [1.807, 2.05) is 0 Å². The molecule has 0 aromatic carbocycles. The van der Waals surface area contributed by atoms with Crippen LogP contribution in [0.2, 0.25) is 0 Å². The van der Waals surface area contributed by atoms with Crippen molar-refractivity contribution in [1.82, 2.24) is 9.80 Å². The zero-order valence-corrected chi connectivity index (χ0v) is 11.4. The monoisotopic (exact) mass is 244 g/mol. The molecule has 102 valence electrons. The fourth-order valence-electron chi connectivity index (χ4n) is 2.14. The smallest absolute Gasteiger partial charge is 0.0518 e. The third-order valence-electron chi connectivity index (χ3n) is 3.17. The molecule has 0 bridgehead atoms. The van der Waals surface area contributed by atoms with Crippen LogP contribution in [0, 0.1) is 0 Å². The summed E-state index contributed by atoms with van der Waals surface area (Å²) < 4.78 is 5.54. The molecule has 1 aliphatic heterocycles. The normalized spacial score (nSPS) is 19.1. The highest BCUT2D eigenvalue weighted by Crippen LogP contribution is 2.03. The van der Waals surface area contributed by atoms with Gasteiger partial charge in [-0.3, -0.25) is 0 Å². The maximum absolute atomic E-state index is 8.79. The Hall–Kier alpha value is -0.160. The summed E-state index contributed by atoms with van der Waals surface area (Å²) in [7, 11) is 0. The van der Waals surface area contributed by atoms with E-state index in [1.54, 1.807) is 0 Å². The summed E-state index contributed by atoms with van der Waals surface area (Å²) in [5.41, 5.74) is 0. The van der Waals surface area contributed by atoms with Gasteiger partial charge in [0.25, 0.3) is 0 Å². The predicted octanol–water partition coefficient (Wildman–Crippen LogP) is 0.802. The highest BCUT2D eigenvalue weighted by atomic mass is 16.5. The standard InChI is InChI=1S/C13H28N2O2/c1-13(2)17-12-4-6-15-9-7-14(8-10-15)5-3-11-16/h13,16H,3-12H2,1-2H3. The average Bonchev–Trinajstić information content (AvgIpc) is 2.33. The van der Waals surface area contributed by atoms with Crippen LogP contribution in [0.3, 0.4) is 0 Å². The summed E-state index contributed by atoms with van der Waals surface area (Å²) in [5.74, 6) is 0. The molecule has 17 heavy (non-hydrogen) atoms. The van der Waals surface area contributed by atoms with Crippen molar-refractivity contribution < 1.29 is 9.84 Å². The van der Waals surface area contributed by atoms with Crippen molar-refractivity contribution in [2.45, 2.75) is 32.8 Å². The molecule has 1 fully saturated rings. The van der Waals surface area contributed by atoms with E-state index in [1.165, 1.54) is 0 Å². The summed E-state index contributed by atoms with van der Waals surface area (Å²) in [6.45, 7) is 12.2. The van der Waals surface area contributed by atoms with Gasteiger partial charge in [0.05, 0.1) is 6.10 Å². The van der Waals surface area contributed by atoms with Crippen molar-refractivity contribution in [3.63, 3.8) is 0 Å². The predicted molar refractivity (Wildman–Crippen MR) is 70.3 cm³/mol. The first-order chi connectivity index (χ1) is 8.22. The van der Waals surface area contributed by atoms with Crippen molar-refractivity contribution in [2.75, 3.05) is 52.5 Å². The molecule has 0 amide bonds. The first-order valence-corrected chi connectivity index (χ1v) is 6.89. The number of nitrogens with zero attached hydrogens (tertiary/aromatic N) is 2. The number of aliphatic hydroxyl groups excluding tert-OH is 1. The van der Waals surface area contributed by atoms with Crippen LogP contribution >= 0.6 is 0 Å². The molecule has 4 heteroatoms. The Balaban J connectivity index is 1.99. The summed E-state index contributed by atoms with van der Waals surface area (Å²) in [5, 5.41) is 8.79. The summed E-state index contributed by atoms with van der Waals surface area (Å²) in [6, 6.07) is 0. The largest absolute Gasteiger partial charge is 0.396 e. The fourth-order valence-corrected chi connectivity index (χ4v) is 2.14. The number of rotatable bonds is 8. The van der Waals surface area contributed by atoms with E-state index in [0.29, 0.717) is 12.7 Å². The van der Waals surface area contributed by atoms with Gasteiger partial charge in [-0.05, 0) is 26.7 Å². The molecule has 0 aromatic heterocycles. The average molecular weight is 244 g/mol. The maximum Gasteiger partial charge on any atom is 0.0518 e. The zero-order valence-electron chi connectivity index (χ0n) is 11.4. The van der Waals surface area contributed by atoms with Gasteiger partial charge in [0.2, 0.25) is 0 Å². The molecule has 0 spiro atoms. The lowest BCUT2D eigenvalue weighted by Crippen LogP contribution is -2.47. The van der Waals surface area contributed by atoms with Crippen molar-refractivity contribution in [2.24, 2.45) is 0 Å². The molecular weight excluding hydrogens is 216 g/mol. The summed E-state index contributed by atoms with van der Waals surface area (Å²) in [6.07, 6.45) is 2.39. The third-order valence-corrected chi connectivity index (χ3v) is 3.17.